The highest BCUT2D eigenvalue weighted by atomic mass is 79.9. The molecule has 6 heteroatoms. The van der Waals surface area contributed by atoms with Crippen molar-refractivity contribution in [3.05, 3.63) is 28.7 Å². The Morgan fingerprint density at radius 2 is 2.08 bits per heavy atom. The maximum atomic E-state index is 12.7. The van der Waals surface area contributed by atoms with Crippen LogP contribution in [0.2, 0.25) is 0 Å². The lowest BCUT2D eigenvalue weighted by Gasteiger charge is -2.24. The van der Waals surface area contributed by atoms with Crippen LogP contribution in [0, 0.1) is 5.92 Å². The second kappa shape index (κ2) is 7.66. The SMILES string of the molecule is CN(CCN1CCCC1)C(=O)C1CC(=O)N(c2cccc(Br)c2)C1. The third kappa shape index (κ3) is 3.98. The Kier molecular flexibility index (Phi) is 5.56. The van der Waals surface area contributed by atoms with Crippen molar-refractivity contribution in [3.63, 3.8) is 0 Å². The predicted molar refractivity (Wildman–Crippen MR) is 97.9 cm³/mol. The quantitative estimate of drug-likeness (QED) is 0.770. The third-order valence-corrected chi connectivity index (χ3v) is 5.41. The molecule has 0 radical (unpaired) electrons. The molecule has 1 atom stereocenters. The molecule has 0 saturated carbocycles. The second-order valence-electron chi connectivity index (χ2n) is 6.69. The van der Waals surface area contributed by atoms with E-state index < -0.39 is 0 Å². The Hall–Kier alpha value is -1.40. The zero-order valence-electron chi connectivity index (χ0n) is 14.1. The van der Waals surface area contributed by atoms with Crippen LogP contribution in [-0.2, 0) is 9.59 Å². The van der Waals surface area contributed by atoms with Gasteiger partial charge in [0.1, 0.15) is 0 Å². The number of likely N-dealkylation sites (tertiary alicyclic amines) is 1. The third-order valence-electron chi connectivity index (χ3n) is 4.92. The number of carbonyl (C=O) groups is 2. The van der Waals surface area contributed by atoms with Crippen molar-refractivity contribution in [1.29, 1.82) is 0 Å². The molecule has 5 nitrogen and oxygen atoms in total. The van der Waals surface area contributed by atoms with Crippen molar-refractivity contribution in [2.45, 2.75) is 19.3 Å². The molecule has 0 bridgehead atoms. The topological polar surface area (TPSA) is 43.9 Å². The fourth-order valence-electron chi connectivity index (χ4n) is 3.49. The molecule has 2 amide bonds. The summed E-state index contributed by atoms with van der Waals surface area (Å²) in [6.07, 6.45) is 2.83. The summed E-state index contributed by atoms with van der Waals surface area (Å²) >= 11 is 3.43. The Morgan fingerprint density at radius 3 is 2.79 bits per heavy atom. The number of carbonyl (C=O) groups excluding carboxylic acids is 2. The minimum atomic E-state index is -0.236. The van der Waals surface area contributed by atoms with Gasteiger partial charge in [-0.05, 0) is 44.1 Å². The Balaban J connectivity index is 1.57. The number of likely N-dealkylation sites (N-methyl/N-ethyl adjacent to an activating group) is 1. The molecule has 2 heterocycles. The van der Waals surface area contributed by atoms with Gasteiger partial charge >= 0.3 is 0 Å². The maximum Gasteiger partial charge on any atom is 0.227 e. The summed E-state index contributed by atoms with van der Waals surface area (Å²) in [6.45, 7) is 4.42. The molecule has 1 aromatic carbocycles. The number of hydrogen-bond donors (Lipinski definition) is 0. The van der Waals surface area contributed by atoms with Crippen LogP contribution in [0.15, 0.2) is 28.7 Å². The highest BCUT2D eigenvalue weighted by Crippen LogP contribution is 2.28. The average Bonchev–Trinajstić information content (AvgIpc) is 3.21. The summed E-state index contributed by atoms with van der Waals surface area (Å²) in [4.78, 5) is 30.9. The van der Waals surface area contributed by atoms with Gasteiger partial charge in [-0.1, -0.05) is 22.0 Å². The summed E-state index contributed by atoms with van der Waals surface area (Å²) in [7, 11) is 1.85. The Labute approximate surface area is 151 Å². The molecular weight excluding hydrogens is 370 g/mol. The molecule has 2 fully saturated rings. The number of rotatable bonds is 5. The molecule has 2 aliphatic heterocycles. The monoisotopic (exact) mass is 393 g/mol. The molecule has 24 heavy (non-hydrogen) atoms. The number of hydrogen-bond acceptors (Lipinski definition) is 3. The lowest BCUT2D eigenvalue weighted by molar-refractivity contribution is -0.134. The van der Waals surface area contributed by atoms with E-state index in [1.807, 2.05) is 31.3 Å². The fourth-order valence-corrected chi connectivity index (χ4v) is 3.87. The van der Waals surface area contributed by atoms with E-state index in [9.17, 15) is 9.59 Å². The summed E-state index contributed by atoms with van der Waals surface area (Å²) in [6, 6.07) is 7.66. The summed E-state index contributed by atoms with van der Waals surface area (Å²) in [5.74, 6) is -0.125. The number of nitrogens with zero attached hydrogens (tertiary/aromatic N) is 3. The highest BCUT2D eigenvalue weighted by Gasteiger charge is 2.36. The fraction of sp³-hybridized carbons (Fsp3) is 0.556. The van der Waals surface area contributed by atoms with Gasteiger partial charge in [0, 0.05) is 43.3 Å². The molecule has 2 saturated heterocycles. The van der Waals surface area contributed by atoms with Gasteiger partial charge in [0.25, 0.3) is 0 Å². The second-order valence-corrected chi connectivity index (χ2v) is 7.61. The lowest BCUT2D eigenvalue weighted by Crippen LogP contribution is -2.39. The van der Waals surface area contributed by atoms with Gasteiger partial charge in [0.05, 0.1) is 5.92 Å². The minimum absolute atomic E-state index is 0.0272. The van der Waals surface area contributed by atoms with Gasteiger partial charge in [-0.2, -0.15) is 0 Å². The van der Waals surface area contributed by atoms with Crippen LogP contribution >= 0.6 is 15.9 Å². The van der Waals surface area contributed by atoms with Crippen LogP contribution in [-0.4, -0.2) is 61.4 Å². The molecule has 2 aliphatic rings. The molecule has 1 unspecified atom stereocenters. The molecule has 0 spiro atoms. The van der Waals surface area contributed by atoms with E-state index in [-0.39, 0.29) is 17.7 Å². The predicted octanol–water partition coefficient (Wildman–Crippen LogP) is 2.36. The molecule has 0 aliphatic carbocycles. The first-order valence-corrected chi connectivity index (χ1v) is 9.37. The highest BCUT2D eigenvalue weighted by molar-refractivity contribution is 9.10. The van der Waals surface area contributed by atoms with E-state index >= 15 is 0 Å². The van der Waals surface area contributed by atoms with Crippen LogP contribution in [0.25, 0.3) is 0 Å². The van der Waals surface area contributed by atoms with Gasteiger partial charge in [-0.25, -0.2) is 0 Å². The van der Waals surface area contributed by atoms with Crippen molar-refractivity contribution in [3.8, 4) is 0 Å². The van der Waals surface area contributed by atoms with Crippen molar-refractivity contribution in [2.24, 2.45) is 5.92 Å². The number of amides is 2. The van der Waals surface area contributed by atoms with E-state index in [1.54, 1.807) is 9.80 Å². The van der Waals surface area contributed by atoms with Crippen LogP contribution < -0.4 is 4.90 Å². The number of halogens is 1. The van der Waals surface area contributed by atoms with E-state index in [2.05, 4.69) is 20.8 Å². The van der Waals surface area contributed by atoms with Gasteiger partial charge < -0.3 is 14.7 Å². The zero-order valence-corrected chi connectivity index (χ0v) is 15.7. The van der Waals surface area contributed by atoms with E-state index in [0.717, 1.165) is 36.3 Å². The normalized spacial score (nSPS) is 21.5. The lowest BCUT2D eigenvalue weighted by atomic mass is 10.1. The average molecular weight is 394 g/mol. The summed E-state index contributed by atoms with van der Waals surface area (Å²) < 4.78 is 0.935. The van der Waals surface area contributed by atoms with Crippen LogP contribution in [0.4, 0.5) is 5.69 Å². The van der Waals surface area contributed by atoms with E-state index in [1.165, 1.54) is 12.8 Å². The zero-order chi connectivity index (χ0) is 17.1. The first-order chi connectivity index (χ1) is 11.5. The summed E-state index contributed by atoms with van der Waals surface area (Å²) in [5.41, 5.74) is 0.851. The number of anilines is 1. The van der Waals surface area contributed by atoms with Gasteiger partial charge in [0.15, 0.2) is 0 Å². The maximum absolute atomic E-state index is 12.7. The summed E-state index contributed by atoms with van der Waals surface area (Å²) in [5, 5.41) is 0. The molecule has 3 rings (SSSR count). The molecule has 1 aromatic rings. The standard InChI is InChI=1S/C18H24BrN3O2/c1-20(9-10-21-7-2-3-8-21)18(24)14-11-17(23)22(13-14)16-6-4-5-15(19)12-16/h4-6,12,14H,2-3,7-11,13H2,1H3. The Morgan fingerprint density at radius 1 is 1.33 bits per heavy atom. The minimum Gasteiger partial charge on any atom is -0.344 e. The van der Waals surface area contributed by atoms with E-state index in [0.29, 0.717) is 13.0 Å². The van der Waals surface area contributed by atoms with Gasteiger partial charge in [0.2, 0.25) is 11.8 Å². The number of benzene rings is 1. The van der Waals surface area contributed by atoms with Crippen LogP contribution in [0.5, 0.6) is 0 Å². The molecule has 0 aromatic heterocycles. The van der Waals surface area contributed by atoms with Gasteiger partial charge in [-0.3, -0.25) is 9.59 Å². The molecular formula is C18H24BrN3O2. The van der Waals surface area contributed by atoms with Crippen LogP contribution in [0.1, 0.15) is 19.3 Å². The molecule has 130 valence electrons. The van der Waals surface area contributed by atoms with Crippen molar-refractivity contribution >= 4 is 33.4 Å². The first-order valence-electron chi connectivity index (χ1n) is 8.58. The smallest absolute Gasteiger partial charge is 0.227 e. The van der Waals surface area contributed by atoms with Crippen LogP contribution in [0.3, 0.4) is 0 Å². The Bertz CT molecular complexity index is 616. The molecule has 0 N–H and O–H groups in total. The van der Waals surface area contributed by atoms with Gasteiger partial charge in [-0.15, -0.1) is 0 Å². The van der Waals surface area contributed by atoms with Crippen molar-refractivity contribution < 1.29 is 9.59 Å². The van der Waals surface area contributed by atoms with E-state index in [4.69, 9.17) is 0 Å². The van der Waals surface area contributed by atoms with Crippen molar-refractivity contribution in [1.82, 2.24) is 9.80 Å². The first kappa shape index (κ1) is 17.4. The largest absolute Gasteiger partial charge is 0.344 e. The van der Waals surface area contributed by atoms with Crippen molar-refractivity contribution in [2.75, 3.05) is 44.7 Å².